The molecule has 1 amide bonds. The van der Waals surface area contributed by atoms with Crippen molar-refractivity contribution in [1.29, 1.82) is 0 Å². The van der Waals surface area contributed by atoms with Crippen LogP contribution >= 0.6 is 11.6 Å². The topological polar surface area (TPSA) is 70.7 Å². The summed E-state index contributed by atoms with van der Waals surface area (Å²) < 4.78 is 13.1. The van der Waals surface area contributed by atoms with Crippen molar-refractivity contribution in [3.05, 3.63) is 64.7 Å². The first kappa shape index (κ1) is 15.2. The maximum Gasteiger partial charge on any atom is 0.258 e. The molecule has 0 saturated heterocycles. The smallest absolute Gasteiger partial charge is 0.258 e. The Morgan fingerprint density at radius 1 is 1.26 bits per heavy atom. The summed E-state index contributed by atoms with van der Waals surface area (Å²) in [6.45, 7) is 1.83. The molecule has 0 atom stereocenters. The van der Waals surface area contributed by atoms with E-state index in [2.05, 4.69) is 20.5 Å². The fourth-order valence-corrected chi connectivity index (χ4v) is 2.42. The van der Waals surface area contributed by atoms with Crippen LogP contribution in [0.15, 0.2) is 42.7 Å². The molecular formula is C16H12ClFN4O. The quantitative estimate of drug-likeness (QED) is 0.766. The number of H-pyrrole nitrogens is 1. The van der Waals surface area contributed by atoms with Gasteiger partial charge >= 0.3 is 0 Å². The Balaban J connectivity index is 1.86. The highest BCUT2D eigenvalue weighted by Gasteiger charge is 2.16. The minimum atomic E-state index is -0.498. The maximum absolute atomic E-state index is 13.1. The Bertz CT molecular complexity index is 864. The van der Waals surface area contributed by atoms with Gasteiger partial charge in [0, 0.05) is 23.5 Å². The first-order valence-electron chi connectivity index (χ1n) is 6.78. The number of rotatable bonds is 3. The van der Waals surface area contributed by atoms with E-state index in [0.29, 0.717) is 5.82 Å². The van der Waals surface area contributed by atoms with Crippen LogP contribution in [0.2, 0.25) is 5.02 Å². The zero-order valence-electron chi connectivity index (χ0n) is 12.1. The van der Waals surface area contributed by atoms with Crippen molar-refractivity contribution in [1.82, 2.24) is 15.2 Å². The monoisotopic (exact) mass is 330 g/mol. The van der Waals surface area contributed by atoms with Crippen molar-refractivity contribution in [2.24, 2.45) is 0 Å². The van der Waals surface area contributed by atoms with Crippen LogP contribution in [0.3, 0.4) is 0 Å². The summed E-state index contributed by atoms with van der Waals surface area (Å²) in [7, 11) is 0. The van der Waals surface area contributed by atoms with Gasteiger partial charge in [-0.15, -0.1) is 0 Å². The van der Waals surface area contributed by atoms with Crippen LogP contribution < -0.4 is 5.32 Å². The number of amides is 1. The highest BCUT2D eigenvalue weighted by Crippen LogP contribution is 2.26. The molecule has 3 rings (SSSR count). The number of benzene rings is 1. The molecular weight excluding hydrogens is 319 g/mol. The highest BCUT2D eigenvalue weighted by atomic mass is 35.5. The van der Waals surface area contributed by atoms with E-state index in [9.17, 15) is 9.18 Å². The van der Waals surface area contributed by atoms with E-state index in [4.69, 9.17) is 11.6 Å². The van der Waals surface area contributed by atoms with Crippen LogP contribution in [0.4, 0.5) is 10.2 Å². The molecule has 0 spiro atoms. The molecule has 1 aromatic carbocycles. The number of pyridine rings is 1. The van der Waals surface area contributed by atoms with Crippen molar-refractivity contribution in [2.75, 3.05) is 5.32 Å². The third kappa shape index (κ3) is 3.07. The molecule has 0 fully saturated rings. The zero-order chi connectivity index (χ0) is 16.4. The SMILES string of the molecule is Cc1c(NC(=O)c2ccc(F)cc2Cl)n[nH]c1-c1ccncc1. The first-order chi connectivity index (χ1) is 11.1. The van der Waals surface area contributed by atoms with Crippen molar-refractivity contribution >= 4 is 23.3 Å². The van der Waals surface area contributed by atoms with Crippen molar-refractivity contribution in [3.8, 4) is 11.3 Å². The molecule has 116 valence electrons. The molecule has 2 N–H and O–H groups in total. The number of nitrogens with one attached hydrogen (secondary N) is 2. The molecule has 0 radical (unpaired) electrons. The second-order valence-electron chi connectivity index (χ2n) is 4.89. The van der Waals surface area contributed by atoms with Crippen LogP contribution in [0.1, 0.15) is 15.9 Å². The first-order valence-corrected chi connectivity index (χ1v) is 7.16. The lowest BCUT2D eigenvalue weighted by atomic mass is 10.1. The van der Waals surface area contributed by atoms with Gasteiger partial charge in [0.05, 0.1) is 16.3 Å². The summed E-state index contributed by atoms with van der Waals surface area (Å²) >= 11 is 5.90. The number of hydrogen-bond donors (Lipinski definition) is 2. The third-order valence-electron chi connectivity index (χ3n) is 3.39. The van der Waals surface area contributed by atoms with Crippen molar-refractivity contribution in [3.63, 3.8) is 0 Å². The molecule has 2 aromatic heterocycles. The lowest BCUT2D eigenvalue weighted by Crippen LogP contribution is -2.13. The fourth-order valence-electron chi connectivity index (χ4n) is 2.17. The third-order valence-corrected chi connectivity index (χ3v) is 3.70. The molecule has 0 unspecified atom stereocenters. The lowest BCUT2D eigenvalue weighted by Gasteiger charge is -2.05. The van der Waals surface area contributed by atoms with Gasteiger partial charge in [-0.3, -0.25) is 14.9 Å². The van der Waals surface area contributed by atoms with E-state index < -0.39 is 11.7 Å². The van der Waals surface area contributed by atoms with Gasteiger partial charge in [0.15, 0.2) is 5.82 Å². The number of aromatic nitrogens is 3. The standard InChI is InChI=1S/C16H12ClFN4O/c1-9-14(10-4-6-19-7-5-10)21-22-15(9)20-16(23)12-3-2-11(18)8-13(12)17/h2-8H,1H3,(H2,20,21,22,23). The molecule has 23 heavy (non-hydrogen) atoms. The number of carbonyl (C=O) groups excluding carboxylic acids is 1. The summed E-state index contributed by atoms with van der Waals surface area (Å²) in [5.41, 5.74) is 2.65. The molecule has 0 aliphatic carbocycles. The number of anilines is 1. The Labute approximate surface area is 136 Å². The van der Waals surface area contributed by atoms with Gasteiger partial charge in [-0.2, -0.15) is 5.10 Å². The van der Waals surface area contributed by atoms with E-state index in [1.54, 1.807) is 12.4 Å². The van der Waals surface area contributed by atoms with E-state index in [1.165, 1.54) is 12.1 Å². The fraction of sp³-hybridized carbons (Fsp3) is 0.0625. The second kappa shape index (κ2) is 6.18. The summed E-state index contributed by atoms with van der Waals surface area (Å²) in [4.78, 5) is 16.2. The molecule has 0 bridgehead atoms. The van der Waals surface area contributed by atoms with Gasteiger partial charge in [-0.25, -0.2) is 4.39 Å². The minimum absolute atomic E-state index is 0.0463. The number of aromatic amines is 1. The van der Waals surface area contributed by atoms with Crippen LogP contribution in [0.5, 0.6) is 0 Å². The molecule has 3 aromatic rings. The largest absolute Gasteiger partial charge is 0.305 e. The number of hydrogen-bond acceptors (Lipinski definition) is 3. The summed E-state index contributed by atoms with van der Waals surface area (Å²) in [5, 5.41) is 9.72. The zero-order valence-corrected chi connectivity index (χ0v) is 12.9. The minimum Gasteiger partial charge on any atom is -0.305 e. The van der Waals surface area contributed by atoms with E-state index in [-0.39, 0.29) is 10.6 Å². The highest BCUT2D eigenvalue weighted by molar-refractivity contribution is 6.34. The Morgan fingerprint density at radius 2 is 2.00 bits per heavy atom. The summed E-state index contributed by atoms with van der Waals surface area (Å²) in [6.07, 6.45) is 3.35. The molecule has 0 aliphatic rings. The van der Waals surface area contributed by atoms with Gasteiger partial charge in [0.25, 0.3) is 5.91 Å². The maximum atomic E-state index is 13.1. The van der Waals surface area contributed by atoms with Gasteiger partial charge in [0.1, 0.15) is 5.82 Å². The molecule has 2 heterocycles. The van der Waals surface area contributed by atoms with E-state index >= 15 is 0 Å². The Morgan fingerprint density at radius 3 is 2.70 bits per heavy atom. The molecule has 0 aliphatic heterocycles. The van der Waals surface area contributed by atoms with Crippen LogP contribution in [0, 0.1) is 12.7 Å². The van der Waals surface area contributed by atoms with Crippen LogP contribution in [-0.2, 0) is 0 Å². The average molecular weight is 331 g/mol. The van der Waals surface area contributed by atoms with Gasteiger partial charge < -0.3 is 5.32 Å². The summed E-state index contributed by atoms with van der Waals surface area (Å²) in [6, 6.07) is 7.28. The van der Waals surface area contributed by atoms with Gasteiger partial charge in [0.2, 0.25) is 0 Å². The molecule has 0 saturated carbocycles. The average Bonchev–Trinajstić information content (AvgIpc) is 2.89. The number of nitrogens with zero attached hydrogens (tertiary/aromatic N) is 2. The van der Waals surface area contributed by atoms with Gasteiger partial charge in [-0.05, 0) is 37.3 Å². The second-order valence-corrected chi connectivity index (χ2v) is 5.29. The van der Waals surface area contributed by atoms with Crippen molar-refractivity contribution in [2.45, 2.75) is 6.92 Å². The molecule has 5 nitrogen and oxygen atoms in total. The molecule has 7 heteroatoms. The number of halogens is 2. The Kier molecular flexibility index (Phi) is 4.08. The van der Waals surface area contributed by atoms with Crippen LogP contribution in [-0.4, -0.2) is 21.1 Å². The normalized spacial score (nSPS) is 10.6. The van der Waals surface area contributed by atoms with Gasteiger partial charge in [-0.1, -0.05) is 11.6 Å². The van der Waals surface area contributed by atoms with E-state index in [0.717, 1.165) is 22.9 Å². The summed E-state index contributed by atoms with van der Waals surface area (Å²) in [5.74, 6) is -0.560. The number of carbonyl (C=O) groups is 1. The predicted molar refractivity (Wildman–Crippen MR) is 85.9 cm³/mol. The Hall–Kier alpha value is -2.73. The lowest BCUT2D eigenvalue weighted by molar-refractivity contribution is 0.102. The van der Waals surface area contributed by atoms with E-state index in [1.807, 2.05) is 19.1 Å². The van der Waals surface area contributed by atoms with Crippen LogP contribution in [0.25, 0.3) is 11.3 Å². The predicted octanol–water partition coefficient (Wildman–Crippen LogP) is 3.82. The van der Waals surface area contributed by atoms with Crippen molar-refractivity contribution < 1.29 is 9.18 Å².